The Morgan fingerprint density at radius 2 is 2.16 bits per heavy atom. The summed E-state index contributed by atoms with van der Waals surface area (Å²) in [5.74, 6) is 0.230. The van der Waals surface area contributed by atoms with E-state index in [2.05, 4.69) is 25.6 Å². The number of anilines is 1. The number of halogens is 1. The van der Waals surface area contributed by atoms with Crippen molar-refractivity contribution in [2.75, 3.05) is 25.1 Å². The zero-order chi connectivity index (χ0) is 22.5. The van der Waals surface area contributed by atoms with E-state index in [1.807, 2.05) is 13.0 Å². The molecule has 1 fully saturated rings. The molecule has 0 saturated carbocycles. The van der Waals surface area contributed by atoms with E-state index in [4.69, 9.17) is 16.3 Å². The van der Waals surface area contributed by atoms with Gasteiger partial charge in [-0.15, -0.1) is 0 Å². The molecular formula is C23H26ClN5O3. The van der Waals surface area contributed by atoms with Gasteiger partial charge in [0.25, 0.3) is 5.91 Å². The minimum Gasteiger partial charge on any atom is -0.394 e. The van der Waals surface area contributed by atoms with E-state index in [1.54, 1.807) is 36.7 Å². The number of benzene rings is 1. The average molecular weight is 456 g/mol. The monoisotopic (exact) mass is 455 g/mol. The van der Waals surface area contributed by atoms with Gasteiger partial charge in [-0.3, -0.25) is 4.79 Å². The summed E-state index contributed by atoms with van der Waals surface area (Å²) in [6.07, 6.45) is 5.35. The summed E-state index contributed by atoms with van der Waals surface area (Å²) >= 11 is 6.04. The summed E-state index contributed by atoms with van der Waals surface area (Å²) in [7, 11) is 0. The number of hydrogen-bond acceptors (Lipinski definition) is 6. The second kappa shape index (κ2) is 10.1. The molecule has 3 aromatic rings. The van der Waals surface area contributed by atoms with Gasteiger partial charge < -0.3 is 25.5 Å². The molecule has 1 atom stereocenters. The molecular weight excluding hydrogens is 430 g/mol. The van der Waals surface area contributed by atoms with E-state index in [9.17, 15) is 9.90 Å². The lowest BCUT2D eigenvalue weighted by Gasteiger charge is -2.23. The van der Waals surface area contributed by atoms with Gasteiger partial charge >= 0.3 is 0 Å². The van der Waals surface area contributed by atoms with Crippen LogP contribution in [0.1, 0.15) is 40.5 Å². The largest absolute Gasteiger partial charge is 0.394 e. The molecule has 1 aliphatic heterocycles. The molecule has 4 rings (SSSR count). The fourth-order valence-corrected chi connectivity index (χ4v) is 3.88. The lowest BCUT2D eigenvalue weighted by molar-refractivity contribution is 0.0902. The van der Waals surface area contributed by atoms with Gasteiger partial charge in [-0.25, -0.2) is 9.97 Å². The Kier molecular flexibility index (Phi) is 7.04. The number of aromatic amines is 1. The molecule has 8 nitrogen and oxygen atoms in total. The number of carbonyl (C=O) groups is 1. The second-order valence-corrected chi connectivity index (χ2v) is 8.26. The number of rotatable bonds is 7. The number of aryl methyl sites for hydroxylation is 1. The number of hydrogen-bond donors (Lipinski definition) is 4. The Hall–Kier alpha value is -2.94. The third-order valence-electron chi connectivity index (χ3n) is 5.47. The van der Waals surface area contributed by atoms with Gasteiger partial charge in [0.1, 0.15) is 5.69 Å². The van der Waals surface area contributed by atoms with E-state index in [0.717, 1.165) is 48.4 Å². The summed E-state index contributed by atoms with van der Waals surface area (Å²) in [5, 5.41) is 16.5. The maximum Gasteiger partial charge on any atom is 0.268 e. The van der Waals surface area contributed by atoms with E-state index < -0.39 is 6.04 Å². The first kappa shape index (κ1) is 22.3. The van der Waals surface area contributed by atoms with Crippen LogP contribution in [0.15, 0.2) is 42.7 Å². The van der Waals surface area contributed by atoms with Gasteiger partial charge in [0.2, 0.25) is 5.95 Å². The van der Waals surface area contributed by atoms with Crippen molar-refractivity contribution in [2.45, 2.75) is 31.8 Å². The Morgan fingerprint density at radius 3 is 2.91 bits per heavy atom. The Morgan fingerprint density at radius 1 is 1.34 bits per heavy atom. The predicted octanol–water partition coefficient (Wildman–Crippen LogP) is 3.49. The zero-order valence-electron chi connectivity index (χ0n) is 17.8. The van der Waals surface area contributed by atoms with Crippen LogP contribution < -0.4 is 10.6 Å². The number of aromatic nitrogens is 3. The van der Waals surface area contributed by atoms with Gasteiger partial charge in [-0.1, -0.05) is 23.7 Å². The Labute approximate surface area is 191 Å². The molecule has 9 heteroatoms. The number of amides is 1. The quantitative estimate of drug-likeness (QED) is 0.434. The van der Waals surface area contributed by atoms with Crippen molar-refractivity contribution in [2.24, 2.45) is 0 Å². The second-order valence-electron chi connectivity index (χ2n) is 7.82. The minimum atomic E-state index is -0.566. The molecule has 1 amide bonds. The van der Waals surface area contributed by atoms with Crippen LogP contribution in [-0.2, 0) is 4.74 Å². The fraction of sp³-hybridized carbons (Fsp3) is 0.348. The maximum atomic E-state index is 12.8. The van der Waals surface area contributed by atoms with Gasteiger partial charge in [-0.05, 0) is 49.1 Å². The number of aliphatic hydroxyl groups excluding tert-OH is 1. The number of nitrogens with one attached hydrogen (secondary N) is 3. The smallest absolute Gasteiger partial charge is 0.268 e. The van der Waals surface area contributed by atoms with Gasteiger partial charge in [-0.2, -0.15) is 0 Å². The third kappa shape index (κ3) is 5.27. The molecule has 1 saturated heterocycles. The summed E-state index contributed by atoms with van der Waals surface area (Å²) in [6.45, 7) is 3.15. The van der Waals surface area contributed by atoms with Crippen molar-refractivity contribution in [3.05, 3.63) is 64.6 Å². The van der Waals surface area contributed by atoms with Crippen LogP contribution in [0, 0.1) is 6.92 Å². The standard InChI is InChI=1S/C23H26ClN5O3/c1-14-11-26-23(27-18-5-7-32-8-6-18)29-21(14)16-10-19(25-12-16)22(31)28-20(13-30)15-3-2-4-17(24)9-15/h2-4,9-12,18,20,25,30H,5-8,13H2,1H3,(H,28,31)(H,26,27,29)/t20-/m1/s1. The van der Waals surface area contributed by atoms with Crippen LogP contribution in [0.25, 0.3) is 11.3 Å². The van der Waals surface area contributed by atoms with E-state index in [0.29, 0.717) is 16.7 Å². The number of carbonyl (C=O) groups excluding carboxylic acids is 1. The van der Waals surface area contributed by atoms with Crippen LogP contribution in [0.2, 0.25) is 5.02 Å². The number of H-pyrrole nitrogens is 1. The molecule has 4 N–H and O–H groups in total. The SMILES string of the molecule is Cc1cnc(NC2CCOCC2)nc1-c1c[nH]c(C(=O)N[C@H](CO)c2cccc(Cl)c2)c1. The minimum absolute atomic E-state index is 0.244. The zero-order valence-corrected chi connectivity index (χ0v) is 18.5. The van der Waals surface area contributed by atoms with E-state index in [1.165, 1.54) is 0 Å². The highest BCUT2D eigenvalue weighted by atomic mass is 35.5. The lowest BCUT2D eigenvalue weighted by Crippen LogP contribution is -2.31. The van der Waals surface area contributed by atoms with Gasteiger partial charge in [0.05, 0.1) is 18.3 Å². The number of aliphatic hydroxyl groups is 1. The van der Waals surface area contributed by atoms with Crippen LogP contribution in [-0.4, -0.2) is 51.8 Å². The van der Waals surface area contributed by atoms with Gasteiger partial charge in [0.15, 0.2) is 0 Å². The highest BCUT2D eigenvalue weighted by molar-refractivity contribution is 6.30. The first-order valence-electron chi connectivity index (χ1n) is 10.6. The average Bonchev–Trinajstić information content (AvgIpc) is 3.29. The van der Waals surface area contributed by atoms with Gasteiger partial charge in [0, 0.05) is 42.2 Å². The van der Waals surface area contributed by atoms with Crippen molar-refractivity contribution in [3.63, 3.8) is 0 Å². The molecule has 0 spiro atoms. The lowest BCUT2D eigenvalue weighted by atomic mass is 10.1. The highest BCUT2D eigenvalue weighted by Crippen LogP contribution is 2.24. The first-order valence-corrected chi connectivity index (χ1v) is 10.9. The Bertz CT molecular complexity index is 1080. The van der Waals surface area contributed by atoms with Crippen LogP contribution in [0.3, 0.4) is 0 Å². The molecule has 0 aliphatic carbocycles. The maximum absolute atomic E-state index is 12.8. The van der Waals surface area contributed by atoms with Crippen molar-refractivity contribution in [1.82, 2.24) is 20.3 Å². The molecule has 2 aromatic heterocycles. The van der Waals surface area contributed by atoms with Crippen LogP contribution in [0.4, 0.5) is 5.95 Å². The van der Waals surface area contributed by atoms with E-state index >= 15 is 0 Å². The van der Waals surface area contributed by atoms with Crippen molar-refractivity contribution in [3.8, 4) is 11.3 Å². The van der Waals surface area contributed by atoms with Crippen molar-refractivity contribution in [1.29, 1.82) is 0 Å². The molecule has 0 bridgehead atoms. The number of ether oxygens (including phenoxy) is 1. The summed E-state index contributed by atoms with van der Waals surface area (Å²) in [4.78, 5) is 24.9. The summed E-state index contributed by atoms with van der Waals surface area (Å²) in [6, 6.07) is 8.52. The van der Waals surface area contributed by atoms with E-state index in [-0.39, 0.29) is 18.6 Å². The summed E-state index contributed by atoms with van der Waals surface area (Å²) in [5.41, 5.74) is 3.54. The Balaban J connectivity index is 1.49. The topological polar surface area (TPSA) is 112 Å². The summed E-state index contributed by atoms with van der Waals surface area (Å²) < 4.78 is 5.40. The number of nitrogens with zero attached hydrogens (tertiary/aromatic N) is 2. The first-order chi connectivity index (χ1) is 15.5. The third-order valence-corrected chi connectivity index (χ3v) is 5.70. The molecule has 1 aliphatic rings. The highest BCUT2D eigenvalue weighted by Gasteiger charge is 2.19. The van der Waals surface area contributed by atoms with Crippen molar-refractivity contribution < 1.29 is 14.6 Å². The van der Waals surface area contributed by atoms with Crippen LogP contribution >= 0.6 is 11.6 Å². The molecule has 32 heavy (non-hydrogen) atoms. The normalized spacial score (nSPS) is 15.3. The molecule has 0 unspecified atom stereocenters. The molecule has 1 aromatic carbocycles. The van der Waals surface area contributed by atoms with Crippen molar-refractivity contribution >= 4 is 23.5 Å². The molecule has 3 heterocycles. The fourth-order valence-electron chi connectivity index (χ4n) is 3.68. The van der Waals surface area contributed by atoms with Crippen LogP contribution in [0.5, 0.6) is 0 Å². The predicted molar refractivity (Wildman–Crippen MR) is 123 cm³/mol. The molecule has 0 radical (unpaired) electrons. The molecule has 168 valence electrons.